The van der Waals surface area contributed by atoms with Gasteiger partial charge in [-0.3, -0.25) is 14.6 Å². The van der Waals surface area contributed by atoms with Crippen LogP contribution in [0.3, 0.4) is 0 Å². The molecule has 0 saturated carbocycles. The van der Waals surface area contributed by atoms with Crippen LogP contribution in [0.4, 0.5) is 10.1 Å². The smallest absolute Gasteiger partial charge is 0.260 e. The molecule has 2 bridgehead atoms. The van der Waals surface area contributed by atoms with E-state index in [1.165, 1.54) is 26.4 Å². The molecule has 0 radical (unpaired) electrons. The SMILES string of the molecule is COc1cc(OC)cc(C(=O)N2C(=S)N(c3ccc(F)cc3)[C@]3(C)C[C@@H]2c2ccccc2O3)c1. The molecule has 3 aromatic rings. The van der Waals surface area contributed by atoms with Crippen LogP contribution in [0.25, 0.3) is 0 Å². The number of benzene rings is 3. The average molecular weight is 479 g/mol. The summed E-state index contributed by atoms with van der Waals surface area (Å²) in [4.78, 5) is 17.4. The summed E-state index contributed by atoms with van der Waals surface area (Å²) in [6.07, 6.45) is 0.467. The number of fused-ring (bicyclic) bond motifs is 4. The molecule has 34 heavy (non-hydrogen) atoms. The number of amides is 1. The number of ether oxygens (including phenoxy) is 3. The number of para-hydroxylation sites is 1. The van der Waals surface area contributed by atoms with E-state index in [0.717, 1.165) is 5.56 Å². The molecule has 0 N–H and O–H groups in total. The minimum absolute atomic E-state index is 0.270. The average Bonchev–Trinajstić information content (AvgIpc) is 2.84. The Morgan fingerprint density at radius 2 is 1.71 bits per heavy atom. The summed E-state index contributed by atoms with van der Waals surface area (Å²) in [5.74, 6) is 1.02. The van der Waals surface area contributed by atoms with Crippen molar-refractivity contribution in [1.82, 2.24) is 4.90 Å². The van der Waals surface area contributed by atoms with Gasteiger partial charge in [0, 0.05) is 29.3 Å². The van der Waals surface area contributed by atoms with E-state index in [9.17, 15) is 9.18 Å². The van der Waals surface area contributed by atoms with Crippen LogP contribution < -0.4 is 19.1 Å². The molecule has 2 atom stereocenters. The second-order valence-electron chi connectivity index (χ2n) is 8.41. The van der Waals surface area contributed by atoms with Gasteiger partial charge in [0.25, 0.3) is 5.91 Å². The van der Waals surface area contributed by atoms with Gasteiger partial charge in [0.1, 0.15) is 23.1 Å². The number of methoxy groups -OCH3 is 2. The van der Waals surface area contributed by atoms with Gasteiger partial charge in [0.2, 0.25) is 0 Å². The maximum Gasteiger partial charge on any atom is 0.260 e. The van der Waals surface area contributed by atoms with E-state index in [1.807, 2.05) is 31.2 Å². The van der Waals surface area contributed by atoms with E-state index >= 15 is 0 Å². The van der Waals surface area contributed by atoms with Gasteiger partial charge in [-0.1, -0.05) is 18.2 Å². The molecule has 2 aliphatic heterocycles. The van der Waals surface area contributed by atoms with Crippen molar-refractivity contribution in [3.63, 3.8) is 0 Å². The Kier molecular flexibility index (Phi) is 5.40. The molecule has 2 heterocycles. The molecule has 8 heteroatoms. The van der Waals surface area contributed by atoms with Crippen molar-refractivity contribution in [3.05, 3.63) is 83.7 Å². The molecule has 2 aliphatic rings. The number of nitrogens with zero attached hydrogens (tertiary/aromatic N) is 2. The first-order chi connectivity index (χ1) is 16.3. The zero-order valence-corrected chi connectivity index (χ0v) is 19.8. The second kappa shape index (κ2) is 8.29. The molecule has 1 saturated heterocycles. The number of thiocarbonyl (C=S) groups is 1. The summed E-state index contributed by atoms with van der Waals surface area (Å²) in [7, 11) is 3.07. The molecule has 0 aliphatic carbocycles. The quantitative estimate of drug-likeness (QED) is 0.473. The van der Waals surface area contributed by atoms with Crippen LogP contribution in [-0.2, 0) is 0 Å². The lowest BCUT2D eigenvalue weighted by molar-refractivity contribution is 0.0183. The minimum Gasteiger partial charge on any atom is -0.497 e. The third kappa shape index (κ3) is 3.54. The maximum atomic E-state index is 14.0. The fraction of sp³-hybridized carbons (Fsp3) is 0.231. The van der Waals surface area contributed by atoms with Crippen LogP contribution in [0.5, 0.6) is 17.2 Å². The van der Waals surface area contributed by atoms with Crippen molar-refractivity contribution in [2.75, 3.05) is 19.1 Å². The van der Waals surface area contributed by atoms with E-state index in [-0.39, 0.29) is 22.9 Å². The van der Waals surface area contributed by atoms with E-state index < -0.39 is 5.72 Å². The van der Waals surface area contributed by atoms with Crippen molar-refractivity contribution in [1.29, 1.82) is 0 Å². The Balaban J connectivity index is 1.66. The van der Waals surface area contributed by atoms with E-state index in [0.29, 0.717) is 34.9 Å². The minimum atomic E-state index is -0.864. The van der Waals surface area contributed by atoms with Gasteiger partial charge in [0.15, 0.2) is 10.8 Å². The highest BCUT2D eigenvalue weighted by Crippen LogP contribution is 2.49. The predicted molar refractivity (Wildman–Crippen MR) is 130 cm³/mol. The maximum absolute atomic E-state index is 14.0. The van der Waals surface area contributed by atoms with Gasteiger partial charge in [-0.2, -0.15) is 0 Å². The van der Waals surface area contributed by atoms with Gasteiger partial charge in [-0.25, -0.2) is 4.39 Å². The molecule has 1 fully saturated rings. The fourth-order valence-corrected chi connectivity index (χ4v) is 5.19. The number of anilines is 1. The molecule has 5 rings (SSSR count). The number of hydrogen-bond acceptors (Lipinski definition) is 5. The van der Waals surface area contributed by atoms with Crippen LogP contribution in [0.15, 0.2) is 66.7 Å². The van der Waals surface area contributed by atoms with Crippen molar-refractivity contribution in [2.45, 2.75) is 25.1 Å². The predicted octanol–water partition coefficient (Wildman–Crippen LogP) is 5.33. The van der Waals surface area contributed by atoms with Crippen molar-refractivity contribution < 1.29 is 23.4 Å². The van der Waals surface area contributed by atoms with Crippen LogP contribution in [0, 0.1) is 5.82 Å². The molecule has 0 unspecified atom stereocenters. The highest BCUT2D eigenvalue weighted by molar-refractivity contribution is 7.80. The number of carbonyl (C=O) groups is 1. The first-order valence-electron chi connectivity index (χ1n) is 10.8. The lowest BCUT2D eigenvalue weighted by Crippen LogP contribution is -2.67. The number of carbonyl (C=O) groups excluding carboxylic acids is 1. The molecule has 3 aromatic carbocycles. The highest BCUT2D eigenvalue weighted by Gasteiger charge is 2.53. The van der Waals surface area contributed by atoms with Gasteiger partial charge < -0.3 is 14.2 Å². The molecule has 0 aromatic heterocycles. The summed E-state index contributed by atoms with van der Waals surface area (Å²) in [5.41, 5.74) is 1.03. The molecule has 1 amide bonds. The third-order valence-corrected chi connectivity index (χ3v) is 6.64. The van der Waals surface area contributed by atoms with Crippen molar-refractivity contribution in [2.24, 2.45) is 0 Å². The molecule has 6 nitrogen and oxygen atoms in total. The topological polar surface area (TPSA) is 51.2 Å². The molecular weight excluding hydrogens is 455 g/mol. The summed E-state index contributed by atoms with van der Waals surface area (Å²) in [6, 6.07) is 18.3. The van der Waals surface area contributed by atoms with Crippen molar-refractivity contribution >= 4 is 28.9 Å². The lowest BCUT2D eigenvalue weighted by Gasteiger charge is -2.55. The molecular formula is C26H23FN2O4S. The number of rotatable bonds is 4. The van der Waals surface area contributed by atoms with Crippen LogP contribution >= 0.6 is 12.2 Å². The third-order valence-electron chi connectivity index (χ3n) is 6.26. The summed E-state index contributed by atoms with van der Waals surface area (Å²) < 4.78 is 30.9. The van der Waals surface area contributed by atoms with Crippen LogP contribution in [0.1, 0.15) is 35.3 Å². The van der Waals surface area contributed by atoms with Crippen LogP contribution in [-0.4, -0.2) is 35.9 Å². The Labute approximate surface area is 202 Å². The van der Waals surface area contributed by atoms with E-state index in [1.54, 1.807) is 40.1 Å². The standard InChI is InChI=1S/C26H23FN2O4S/c1-26-15-22(21-6-4-5-7-23(21)33-26)28(25(34)29(26)18-10-8-17(27)9-11-18)24(30)16-12-19(31-2)14-20(13-16)32-3/h4-14,22H,15H2,1-3H3/t22-,26+/m1/s1. The Hall–Kier alpha value is -3.65. The second-order valence-corrected chi connectivity index (χ2v) is 8.77. The van der Waals surface area contributed by atoms with Gasteiger partial charge in [0.05, 0.1) is 20.3 Å². The van der Waals surface area contributed by atoms with E-state index in [4.69, 9.17) is 26.4 Å². The molecule has 174 valence electrons. The normalized spacial score (nSPS) is 20.9. The van der Waals surface area contributed by atoms with Gasteiger partial charge >= 0.3 is 0 Å². The Morgan fingerprint density at radius 1 is 1.06 bits per heavy atom. The monoisotopic (exact) mass is 478 g/mol. The van der Waals surface area contributed by atoms with Crippen molar-refractivity contribution in [3.8, 4) is 17.2 Å². The van der Waals surface area contributed by atoms with Gasteiger partial charge in [-0.15, -0.1) is 0 Å². The number of hydrogen-bond donors (Lipinski definition) is 0. The zero-order valence-electron chi connectivity index (χ0n) is 18.9. The summed E-state index contributed by atoms with van der Waals surface area (Å²) in [6.45, 7) is 1.93. The summed E-state index contributed by atoms with van der Waals surface area (Å²) in [5, 5.41) is 0.270. The van der Waals surface area contributed by atoms with Crippen LogP contribution in [0.2, 0.25) is 0 Å². The highest BCUT2D eigenvalue weighted by atomic mass is 32.1. The Morgan fingerprint density at radius 3 is 2.35 bits per heavy atom. The lowest BCUT2D eigenvalue weighted by atomic mass is 9.88. The Bertz CT molecular complexity index is 1260. The summed E-state index contributed by atoms with van der Waals surface area (Å²) >= 11 is 5.91. The first-order valence-corrected chi connectivity index (χ1v) is 11.2. The first kappa shape index (κ1) is 22.2. The van der Waals surface area contributed by atoms with E-state index in [2.05, 4.69) is 0 Å². The number of halogens is 1. The molecule has 0 spiro atoms. The van der Waals surface area contributed by atoms with Gasteiger partial charge in [-0.05, 0) is 61.6 Å². The zero-order chi connectivity index (χ0) is 24.0. The largest absolute Gasteiger partial charge is 0.497 e. The fourth-order valence-electron chi connectivity index (χ4n) is 4.68.